The Morgan fingerprint density at radius 3 is 2.35 bits per heavy atom. The number of Topliss-reactive ketones (excluding diaryl/α,β-unsaturated/α-hetero) is 1. The molecule has 3 aromatic rings. The van der Waals surface area contributed by atoms with Crippen molar-refractivity contribution in [1.82, 2.24) is 9.88 Å². The highest BCUT2D eigenvalue weighted by molar-refractivity contribution is 6.00. The van der Waals surface area contributed by atoms with Gasteiger partial charge in [0.05, 0.1) is 0 Å². The Balaban J connectivity index is 1.61. The molecule has 1 heterocycles. The maximum Gasteiger partial charge on any atom is 0.328 e. The van der Waals surface area contributed by atoms with Gasteiger partial charge < -0.3 is 14.6 Å². The van der Waals surface area contributed by atoms with Crippen molar-refractivity contribution in [2.24, 2.45) is 0 Å². The van der Waals surface area contributed by atoms with Crippen molar-refractivity contribution in [2.45, 2.75) is 33.7 Å². The first-order valence-electron chi connectivity index (χ1n) is 10.1. The Bertz CT molecular complexity index is 1120. The van der Waals surface area contributed by atoms with Crippen LogP contribution in [0.3, 0.4) is 0 Å². The minimum atomic E-state index is -0.877. The van der Waals surface area contributed by atoms with Crippen LogP contribution in [0.2, 0.25) is 0 Å². The Kier molecular flexibility index (Phi) is 6.70. The number of carbonyl (C=O) groups excluding carboxylic acids is 3. The highest BCUT2D eigenvalue weighted by atomic mass is 16.5. The summed E-state index contributed by atoms with van der Waals surface area (Å²) in [5.41, 5.74) is 4.57. The van der Waals surface area contributed by atoms with Gasteiger partial charge in [0.15, 0.2) is 6.61 Å². The number of esters is 1. The largest absolute Gasteiger partial charge is 0.456 e. The molecule has 1 amide bonds. The van der Waals surface area contributed by atoms with Gasteiger partial charge in [-0.25, -0.2) is 4.79 Å². The summed E-state index contributed by atoms with van der Waals surface area (Å²) in [6.45, 7) is 6.81. The maximum atomic E-state index is 12.7. The lowest BCUT2D eigenvalue weighted by Crippen LogP contribution is -2.40. The van der Waals surface area contributed by atoms with E-state index in [0.29, 0.717) is 11.1 Å². The minimum absolute atomic E-state index is 0.291. The van der Waals surface area contributed by atoms with E-state index in [4.69, 9.17) is 4.74 Å². The van der Waals surface area contributed by atoms with Crippen LogP contribution in [0.4, 0.5) is 0 Å². The molecule has 1 N–H and O–H groups in total. The third-order valence-corrected chi connectivity index (χ3v) is 5.07. The number of benzene rings is 2. The van der Waals surface area contributed by atoms with Gasteiger partial charge in [-0.2, -0.15) is 0 Å². The van der Waals surface area contributed by atoms with Gasteiger partial charge in [-0.3, -0.25) is 9.59 Å². The second-order valence-corrected chi connectivity index (χ2v) is 7.55. The lowest BCUT2D eigenvalue weighted by Gasteiger charge is -2.13. The van der Waals surface area contributed by atoms with Crippen molar-refractivity contribution in [2.75, 3.05) is 6.61 Å². The van der Waals surface area contributed by atoms with Gasteiger partial charge in [0.1, 0.15) is 6.04 Å². The zero-order valence-electron chi connectivity index (χ0n) is 18.1. The van der Waals surface area contributed by atoms with E-state index in [-0.39, 0.29) is 18.3 Å². The number of ketones is 1. The summed E-state index contributed by atoms with van der Waals surface area (Å²) < 4.78 is 7.16. The number of aromatic nitrogens is 1. The van der Waals surface area contributed by atoms with Crippen molar-refractivity contribution in [1.29, 1.82) is 0 Å². The lowest BCUT2D eigenvalue weighted by molar-refractivity contribution is -0.144. The molecule has 160 valence electrons. The van der Waals surface area contributed by atoms with Crippen LogP contribution in [0, 0.1) is 20.8 Å². The van der Waals surface area contributed by atoms with Crippen molar-refractivity contribution in [3.05, 3.63) is 88.7 Å². The maximum absolute atomic E-state index is 12.7. The molecular formula is C25H26N2O4. The summed E-state index contributed by atoms with van der Waals surface area (Å²) in [7, 11) is 0. The van der Waals surface area contributed by atoms with Crippen LogP contribution in [-0.4, -0.2) is 34.9 Å². The van der Waals surface area contributed by atoms with E-state index in [2.05, 4.69) is 5.32 Å². The number of hydrogen-bond donors (Lipinski definition) is 1. The quantitative estimate of drug-likeness (QED) is 0.466. The molecule has 1 atom stereocenters. The van der Waals surface area contributed by atoms with E-state index in [0.717, 1.165) is 22.6 Å². The molecule has 0 fully saturated rings. The first kappa shape index (κ1) is 22.0. The summed E-state index contributed by atoms with van der Waals surface area (Å²) in [5.74, 6) is -1.32. The third kappa shape index (κ3) is 5.09. The average molecular weight is 418 g/mol. The summed E-state index contributed by atoms with van der Waals surface area (Å²) in [6, 6.07) is 17.7. The van der Waals surface area contributed by atoms with Crippen LogP contribution in [-0.2, 0) is 9.53 Å². The standard InChI is InChI=1S/C25H26N2O4/c1-16-9-8-10-20(13-16)24(29)26-18(3)25(30)31-15-23(28)22-14-17(2)27(19(22)4)21-11-6-5-7-12-21/h5-14,18H,15H2,1-4H3,(H,26,29). The minimum Gasteiger partial charge on any atom is -0.456 e. The van der Waals surface area contributed by atoms with Crippen LogP contribution in [0.5, 0.6) is 0 Å². The van der Waals surface area contributed by atoms with E-state index >= 15 is 0 Å². The van der Waals surface area contributed by atoms with Gasteiger partial charge in [-0.05, 0) is 58.0 Å². The van der Waals surface area contributed by atoms with Crippen molar-refractivity contribution >= 4 is 17.7 Å². The second kappa shape index (κ2) is 9.43. The molecule has 2 aromatic carbocycles. The Morgan fingerprint density at radius 1 is 0.968 bits per heavy atom. The number of para-hydroxylation sites is 1. The highest BCUT2D eigenvalue weighted by Gasteiger charge is 2.21. The lowest BCUT2D eigenvalue weighted by atomic mass is 10.1. The molecule has 0 saturated heterocycles. The molecule has 0 aliphatic rings. The number of nitrogens with one attached hydrogen (secondary N) is 1. The molecular weight excluding hydrogens is 392 g/mol. The van der Waals surface area contributed by atoms with E-state index in [1.807, 2.05) is 61.7 Å². The van der Waals surface area contributed by atoms with Crippen molar-refractivity contribution < 1.29 is 19.1 Å². The fourth-order valence-corrected chi connectivity index (χ4v) is 3.48. The SMILES string of the molecule is Cc1cccc(C(=O)NC(C)C(=O)OCC(=O)c2cc(C)n(-c3ccccc3)c2C)c1. The predicted molar refractivity (Wildman–Crippen MR) is 119 cm³/mol. The molecule has 1 unspecified atom stereocenters. The van der Waals surface area contributed by atoms with Crippen LogP contribution >= 0.6 is 0 Å². The van der Waals surface area contributed by atoms with Crippen LogP contribution < -0.4 is 5.32 Å². The number of rotatable bonds is 7. The topological polar surface area (TPSA) is 77.4 Å². The molecule has 0 aliphatic heterocycles. The smallest absolute Gasteiger partial charge is 0.328 e. The Hall–Kier alpha value is -3.67. The first-order valence-corrected chi connectivity index (χ1v) is 10.1. The number of ether oxygens (including phenoxy) is 1. The molecule has 1 aromatic heterocycles. The fourth-order valence-electron chi connectivity index (χ4n) is 3.48. The van der Waals surface area contributed by atoms with E-state index in [1.54, 1.807) is 24.3 Å². The van der Waals surface area contributed by atoms with E-state index in [1.165, 1.54) is 6.92 Å². The van der Waals surface area contributed by atoms with Crippen molar-refractivity contribution in [3.63, 3.8) is 0 Å². The molecule has 31 heavy (non-hydrogen) atoms. The van der Waals surface area contributed by atoms with Gasteiger partial charge in [-0.1, -0.05) is 35.9 Å². The van der Waals surface area contributed by atoms with Crippen LogP contribution in [0.1, 0.15) is 44.6 Å². The summed E-state index contributed by atoms with van der Waals surface area (Å²) in [5, 5.41) is 2.60. The summed E-state index contributed by atoms with van der Waals surface area (Å²) >= 11 is 0. The van der Waals surface area contributed by atoms with Gasteiger partial charge in [-0.15, -0.1) is 0 Å². The molecule has 0 radical (unpaired) electrons. The monoisotopic (exact) mass is 418 g/mol. The molecule has 6 heteroatoms. The number of carbonyl (C=O) groups is 3. The second-order valence-electron chi connectivity index (χ2n) is 7.55. The Labute approximate surface area is 181 Å². The molecule has 6 nitrogen and oxygen atoms in total. The summed E-state index contributed by atoms with van der Waals surface area (Å²) in [4.78, 5) is 37.3. The zero-order chi connectivity index (χ0) is 22.5. The highest BCUT2D eigenvalue weighted by Crippen LogP contribution is 2.21. The molecule has 0 bridgehead atoms. The molecule has 0 aliphatic carbocycles. The van der Waals surface area contributed by atoms with Crippen LogP contribution in [0.25, 0.3) is 5.69 Å². The summed E-state index contributed by atoms with van der Waals surface area (Å²) in [6.07, 6.45) is 0. The number of aryl methyl sites for hydroxylation is 2. The first-order chi connectivity index (χ1) is 14.8. The average Bonchev–Trinajstić information content (AvgIpc) is 3.06. The molecule has 0 spiro atoms. The van der Waals surface area contributed by atoms with Gasteiger partial charge in [0.2, 0.25) is 5.78 Å². The Morgan fingerprint density at radius 2 is 1.68 bits per heavy atom. The van der Waals surface area contributed by atoms with Gasteiger partial charge in [0.25, 0.3) is 5.91 Å². The fraction of sp³-hybridized carbons (Fsp3) is 0.240. The van der Waals surface area contributed by atoms with Crippen LogP contribution in [0.15, 0.2) is 60.7 Å². The third-order valence-electron chi connectivity index (χ3n) is 5.07. The van der Waals surface area contributed by atoms with Crippen molar-refractivity contribution in [3.8, 4) is 5.69 Å². The molecule has 3 rings (SSSR count). The predicted octanol–water partition coefficient (Wildman–Crippen LogP) is 3.95. The molecule has 0 saturated carbocycles. The van der Waals surface area contributed by atoms with E-state index < -0.39 is 12.0 Å². The number of amides is 1. The number of nitrogens with zero attached hydrogens (tertiary/aromatic N) is 1. The van der Waals surface area contributed by atoms with E-state index in [9.17, 15) is 14.4 Å². The van der Waals surface area contributed by atoms with Gasteiger partial charge in [0, 0.05) is 28.2 Å². The van der Waals surface area contributed by atoms with Gasteiger partial charge >= 0.3 is 5.97 Å². The number of hydrogen-bond acceptors (Lipinski definition) is 4. The normalized spacial score (nSPS) is 11.6. The zero-order valence-corrected chi connectivity index (χ0v) is 18.1.